The highest BCUT2D eigenvalue weighted by Crippen LogP contribution is 2.48. The van der Waals surface area contributed by atoms with Crippen LogP contribution in [0.15, 0.2) is 0 Å². The highest BCUT2D eigenvalue weighted by Gasteiger charge is 2.64. The quantitative estimate of drug-likeness (QED) is 0.665. The molecule has 1 saturated heterocycles. The first-order chi connectivity index (χ1) is 8.86. The average Bonchev–Trinajstić information content (AvgIpc) is 3.10. The van der Waals surface area contributed by atoms with Crippen molar-refractivity contribution in [3.05, 3.63) is 0 Å². The molecule has 1 saturated carbocycles. The molecule has 1 heterocycles. The first-order valence-corrected chi connectivity index (χ1v) is 6.25. The molecule has 0 aromatic rings. The second-order valence-electron chi connectivity index (χ2n) is 4.93. The SMILES string of the molecule is O=C(NC1(C(F)(F)F)CC1)C(=O)N1CCCNCC1. The van der Waals surface area contributed by atoms with E-state index in [9.17, 15) is 22.8 Å². The van der Waals surface area contributed by atoms with E-state index in [2.05, 4.69) is 5.32 Å². The fraction of sp³-hybridized carbons (Fsp3) is 0.818. The number of nitrogens with one attached hydrogen (secondary N) is 2. The maximum atomic E-state index is 12.7. The molecule has 0 aromatic heterocycles. The van der Waals surface area contributed by atoms with E-state index in [-0.39, 0.29) is 12.8 Å². The normalized spacial score (nSPS) is 22.6. The van der Waals surface area contributed by atoms with Crippen molar-refractivity contribution in [3.8, 4) is 0 Å². The minimum atomic E-state index is -4.50. The predicted molar refractivity (Wildman–Crippen MR) is 60.2 cm³/mol. The van der Waals surface area contributed by atoms with Gasteiger partial charge < -0.3 is 15.5 Å². The van der Waals surface area contributed by atoms with Crippen LogP contribution in [0.3, 0.4) is 0 Å². The summed E-state index contributed by atoms with van der Waals surface area (Å²) in [6.45, 7) is 2.00. The zero-order chi connectivity index (χ0) is 14.1. The zero-order valence-electron chi connectivity index (χ0n) is 10.3. The number of hydrogen-bond donors (Lipinski definition) is 2. The molecule has 2 rings (SSSR count). The number of rotatable bonds is 1. The molecule has 2 N–H and O–H groups in total. The van der Waals surface area contributed by atoms with Gasteiger partial charge in [-0.3, -0.25) is 9.59 Å². The Kier molecular flexibility index (Phi) is 3.71. The van der Waals surface area contributed by atoms with Crippen molar-refractivity contribution in [2.75, 3.05) is 26.2 Å². The molecule has 8 heteroatoms. The van der Waals surface area contributed by atoms with Crippen LogP contribution in [-0.4, -0.2) is 54.6 Å². The summed E-state index contributed by atoms with van der Waals surface area (Å²) in [5.74, 6) is -2.03. The number of halogens is 3. The fourth-order valence-electron chi connectivity index (χ4n) is 2.07. The summed E-state index contributed by atoms with van der Waals surface area (Å²) < 4.78 is 38.0. The van der Waals surface area contributed by atoms with Crippen LogP contribution < -0.4 is 10.6 Å². The average molecular weight is 279 g/mol. The lowest BCUT2D eigenvalue weighted by Gasteiger charge is -2.23. The molecule has 0 atom stereocenters. The Bertz CT molecular complexity index is 372. The van der Waals surface area contributed by atoms with E-state index in [4.69, 9.17) is 0 Å². The van der Waals surface area contributed by atoms with Gasteiger partial charge in [0.05, 0.1) is 0 Å². The summed E-state index contributed by atoms with van der Waals surface area (Å²) in [6, 6.07) is 0. The van der Waals surface area contributed by atoms with Crippen LogP contribution in [0.1, 0.15) is 19.3 Å². The van der Waals surface area contributed by atoms with Crippen molar-refractivity contribution in [1.82, 2.24) is 15.5 Å². The summed E-state index contributed by atoms with van der Waals surface area (Å²) in [5.41, 5.74) is -2.18. The lowest BCUT2D eigenvalue weighted by atomic mass is 10.2. The Morgan fingerprint density at radius 3 is 2.42 bits per heavy atom. The summed E-state index contributed by atoms with van der Waals surface area (Å²) >= 11 is 0. The standard InChI is InChI=1S/C11H16F3N3O2/c12-11(13,14)10(2-3-10)16-8(18)9(19)17-6-1-4-15-5-7-17/h15H,1-7H2,(H,16,18). The highest BCUT2D eigenvalue weighted by molar-refractivity contribution is 6.35. The Morgan fingerprint density at radius 2 is 1.84 bits per heavy atom. The van der Waals surface area contributed by atoms with E-state index in [0.717, 1.165) is 6.54 Å². The van der Waals surface area contributed by atoms with Crippen LogP contribution in [-0.2, 0) is 9.59 Å². The third kappa shape index (κ3) is 2.99. The van der Waals surface area contributed by atoms with E-state index >= 15 is 0 Å². The van der Waals surface area contributed by atoms with Gasteiger partial charge in [0.25, 0.3) is 0 Å². The van der Waals surface area contributed by atoms with Gasteiger partial charge in [0.15, 0.2) is 0 Å². The smallest absolute Gasteiger partial charge is 0.334 e. The van der Waals surface area contributed by atoms with Crippen LogP contribution in [0, 0.1) is 0 Å². The minimum Gasteiger partial charge on any atom is -0.334 e. The molecule has 2 aliphatic rings. The molecular formula is C11H16F3N3O2. The van der Waals surface area contributed by atoms with Gasteiger partial charge in [-0.1, -0.05) is 0 Å². The van der Waals surface area contributed by atoms with Gasteiger partial charge in [-0.05, 0) is 25.8 Å². The van der Waals surface area contributed by atoms with Crippen molar-refractivity contribution < 1.29 is 22.8 Å². The molecule has 0 spiro atoms. The second kappa shape index (κ2) is 4.99. The van der Waals surface area contributed by atoms with Crippen LogP contribution in [0.2, 0.25) is 0 Å². The molecule has 0 radical (unpaired) electrons. The Hall–Kier alpha value is -1.31. The maximum Gasteiger partial charge on any atom is 0.411 e. The Labute approximate surface area is 108 Å². The summed E-state index contributed by atoms with van der Waals surface area (Å²) in [6.07, 6.45) is -4.12. The van der Waals surface area contributed by atoms with Crippen LogP contribution in [0.5, 0.6) is 0 Å². The van der Waals surface area contributed by atoms with Gasteiger partial charge in [0.1, 0.15) is 5.54 Å². The molecule has 1 aliphatic carbocycles. The van der Waals surface area contributed by atoms with Crippen LogP contribution >= 0.6 is 0 Å². The van der Waals surface area contributed by atoms with E-state index in [1.807, 2.05) is 5.32 Å². The van der Waals surface area contributed by atoms with E-state index in [0.29, 0.717) is 26.1 Å². The number of hydrogen-bond acceptors (Lipinski definition) is 3. The third-order valence-electron chi connectivity index (χ3n) is 3.47. The number of carbonyl (C=O) groups excluding carboxylic acids is 2. The minimum absolute atomic E-state index is 0.156. The van der Waals surface area contributed by atoms with Crippen molar-refractivity contribution >= 4 is 11.8 Å². The van der Waals surface area contributed by atoms with Crippen molar-refractivity contribution in [2.45, 2.75) is 31.0 Å². The Morgan fingerprint density at radius 1 is 1.16 bits per heavy atom. The predicted octanol–water partition coefficient (Wildman–Crippen LogP) is 0.0194. The van der Waals surface area contributed by atoms with E-state index < -0.39 is 23.5 Å². The van der Waals surface area contributed by atoms with Crippen LogP contribution in [0.4, 0.5) is 13.2 Å². The summed E-state index contributed by atoms with van der Waals surface area (Å²) in [7, 11) is 0. The monoisotopic (exact) mass is 279 g/mol. The van der Waals surface area contributed by atoms with Crippen LogP contribution in [0.25, 0.3) is 0 Å². The molecule has 1 aliphatic heterocycles. The molecule has 2 fully saturated rings. The third-order valence-corrected chi connectivity index (χ3v) is 3.47. The molecule has 5 nitrogen and oxygen atoms in total. The Balaban J connectivity index is 1.94. The molecule has 0 unspecified atom stereocenters. The molecule has 0 aromatic carbocycles. The van der Waals surface area contributed by atoms with Gasteiger partial charge in [-0.2, -0.15) is 13.2 Å². The number of carbonyl (C=O) groups is 2. The van der Waals surface area contributed by atoms with Gasteiger partial charge in [0, 0.05) is 19.6 Å². The van der Waals surface area contributed by atoms with Gasteiger partial charge >= 0.3 is 18.0 Å². The zero-order valence-corrected chi connectivity index (χ0v) is 10.3. The van der Waals surface area contributed by atoms with E-state index in [1.165, 1.54) is 4.90 Å². The fourth-order valence-corrected chi connectivity index (χ4v) is 2.07. The lowest BCUT2D eigenvalue weighted by molar-refractivity contribution is -0.172. The van der Waals surface area contributed by atoms with Crippen molar-refractivity contribution in [2.24, 2.45) is 0 Å². The van der Waals surface area contributed by atoms with Gasteiger partial charge in [-0.25, -0.2) is 0 Å². The number of nitrogens with zero attached hydrogens (tertiary/aromatic N) is 1. The first-order valence-electron chi connectivity index (χ1n) is 6.25. The largest absolute Gasteiger partial charge is 0.411 e. The highest BCUT2D eigenvalue weighted by atomic mass is 19.4. The molecular weight excluding hydrogens is 263 g/mol. The second-order valence-corrected chi connectivity index (χ2v) is 4.93. The van der Waals surface area contributed by atoms with Gasteiger partial charge in [0.2, 0.25) is 0 Å². The number of amides is 2. The number of alkyl halides is 3. The van der Waals surface area contributed by atoms with Crippen molar-refractivity contribution in [1.29, 1.82) is 0 Å². The lowest BCUT2D eigenvalue weighted by Crippen LogP contribution is -2.53. The first kappa shape index (κ1) is 14.1. The van der Waals surface area contributed by atoms with Crippen molar-refractivity contribution in [3.63, 3.8) is 0 Å². The summed E-state index contributed by atoms with van der Waals surface area (Å²) in [5, 5.41) is 4.90. The molecule has 108 valence electrons. The van der Waals surface area contributed by atoms with E-state index in [1.54, 1.807) is 0 Å². The molecule has 19 heavy (non-hydrogen) atoms. The molecule has 2 amide bonds. The maximum absolute atomic E-state index is 12.7. The topological polar surface area (TPSA) is 61.4 Å². The van der Waals surface area contributed by atoms with Gasteiger partial charge in [-0.15, -0.1) is 0 Å². The molecule has 0 bridgehead atoms. The summed E-state index contributed by atoms with van der Waals surface area (Å²) in [4.78, 5) is 24.7.